The summed E-state index contributed by atoms with van der Waals surface area (Å²) in [6, 6.07) is 0. The van der Waals surface area contributed by atoms with Gasteiger partial charge in [-0.05, 0) is 18.9 Å². The molecule has 0 saturated carbocycles. The van der Waals surface area contributed by atoms with Crippen LogP contribution in [0.4, 0.5) is 0 Å². The van der Waals surface area contributed by atoms with Crippen molar-refractivity contribution < 1.29 is 9.78 Å². The zero-order chi connectivity index (χ0) is 6.95. The van der Waals surface area contributed by atoms with E-state index >= 15 is 0 Å². The standard InChI is InChI=1S/C7H14O2/c1-3-5-7-9-8-6-4-2/h5,7H,3-4,6H2,1-2H3. The molecule has 2 nitrogen and oxygen atoms in total. The minimum Gasteiger partial charge on any atom is -0.346 e. The van der Waals surface area contributed by atoms with E-state index in [0.29, 0.717) is 6.61 Å². The van der Waals surface area contributed by atoms with Crippen molar-refractivity contribution in [1.82, 2.24) is 0 Å². The van der Waals surface area contributed by atoms with Crippen LogP contribution in [0, 0.1) is 0 Å². The Bertz CT molecular complexity index is 69.3. The summed E-state index contributed by atoms with van der Waals surface area (Å²) in [6.45, 7) is 4.74. The smallest absolute Gasteiger partial charge is 0.125 e. The third-order valence-corrected chi connectivity index (χ3v) is 0.743. The fourth-order valence-electron chi connectivity index (χ4n) is 0.306. The van der Waals surface area contributed by atoms with Gasteiger partial charge in [0.1, 0.15) is 6.26 Å². The van der Waals surface area contributed by atoms with Gasteiger partial charge in [-0.2, -0.15) is 4.89 Å². The highest BCUT2D eigenvalue weighted by atomic mass is 17.2. The van der Waals surface area contributed by atoms with Gasteiger partial charge in [-0.3, -0.25) is 0 Å². The number of hydrogen-bond acceptors (Lipinski definition) is 2. The van der Waals surface area contributed by atoms with E-state index in [-0.39, 0.29) is 0 Å². The van der Waals surface area contributed by atoms with Crippen molar-refractivity contribution in [3.8, 4) is 0 Å². The average molecular weight is 130 g/mol. The maximum Gasteiger partial charge on any atom is 0.125 e. The lowest BCUT2D eigenvalue weighted by Crippen LogP contribution is -1.88. The van der Waals surface area contributed by atoms with E-state index in [1.807, 2.05) is 19.9 Å². The Hall–Kier alpha value is -0.500. The number of rotatable bonds is 5. The van der Waals surface area contributed by atoms with Crippen LogP contribution in [0.1, 0.15) is 26.7 Å². The molecule has 0 N–H and O–H groups in total. The van der Waals surface area contributed by atoms with E-state index in [1.54, 1.807) is 6.26 Å². The minimum atomic E-state index is 0.661. The molecule has 0 aliphatic rings. The molecule has 0 amide bonds. The summed E-state index contributed by atoms with van der Waals surface area (Å²) in [5, 5.41) is 0. The Morgan fingerprint density at radius 2 is 2.11 bits per heavy atom. The second-order valence-electron chi connectivity index (χ2n) is 1.70. The zero-order valence-electron chi connectivity index (χ0n) is 6.09. The van der Waals surface area contributed by atoms with Gasteiger partial charge < -0.3 is 4.89 Å². The third kappa shape index (κ3) is 7.50. The maximum absolute atomic E-state index is 4.70. The van der Waals surface area contributed by atoms with Gasteiger partial charge in [0.15, 0.2) is 0 Å². The van der Waals surface area contributed by atoms with Gasteiger partial charge in [0.2, 0.25) is 0 Å². The first-order valence-electron chi connectivity index (χ1n) is 3.35. The molecule has 0 aromatic carbocycles. The first-order valence-corrected chi connectivity index (χ1v) is 3.35. The van der Waals surface area contributed by atoms with Crippen molar-refractivity contribution in [1.29, 1.82) is 0 Å². The van der Waals surface area contributed by atoms with Crippen molar-refractivity contribution in [3.63, 3.8) is 0 Å². The zero-order valence-corrected chi connectivity index (χ0v) is 6.09. The normalized spacial score (nSPS) is 10.4. The van der Waals surface area contributed by atoms with Crippen LogP contribution in [0.25, 0.3) is 0 Å². The first-order chi connectivity index (χ1) is 4.41. The van der Waals surface area contributed by atoms with Crippen molar-refractivity contribution >= 4 is 0 Å². The van der Waals surface area contributed by atoms with Crippen molar-refractivity contribution in [2.75, 3.05) is 6.61 Å². The lowest BCUT2D eigenvalue weighted by molar-refractivity contribution is -0.248. The van der Waals surface area contributed by atoms with Crippen LogP contribution in [-0.2, 0) is 9.78 Å². The van der Waals surface area contributed by atoms with Crippen LogP contribution < -0.4 is 0 Å². The summed E-state index contributed by atoms with van der Waals surface area (Å²) in [4.78, 5) is 9.33. The van der Waals surface area contributed by atoms with Gasteiger partial charge >= 0.3 is 0 Å². The molecule has 0 aliphatic heterocycles. The molecule has 0 radical (unpaired) electrons. The van der Waals surface area contributed by atoms with Crippen LogP contribution in [0.2, 0.25) is 0 Å². The SMILES string of the molecule is CCC=COOCCC. The number of hydrogen-bond donors (Lipinski definition) is 0. The summed E-state index contributed by atoms with van der Waals surface area (Å²) < 4.78 is 0. The van der Waals surface area contributed by atoms with Crippen LogP contribution in [0.15, 0.2) is 12.3 Å². The van der Waals surface area contributed by atoms with Crippen LogP contribution in [-0.4, -0.2) is 6.61 Å². The Labute approximate surface area is 56.4 Å². The Balaban J connectivity index is 2.82. The molecule has 0 unspecified atom stereocenters. The van der Waals surface area contributed by atoms with Gasteiger partial charge in [-0.15, -0.1) is 0 Å². The topological polar surface area (TPSA) is 18.5 Å². The molecule has 0 aromatic rings. The van der Waals surface area contributed by atoms with E-state index in [2.05, 4.69) is 4.89 Å². The molecule has 0 atom stereocenters. The highest BCUT2D eigenvalue weighted by Crippen LogP contribution is 1.85. The summed E-state index contributed by atoms with van der Waals surface area (Å²) in [5.41, 5.74) is 0. The van der Waals surface area contributed by atoms with Gasteiger partial charge in [0.25, 0.3) is 0 Å². The van der Waals surface area contributed by atoms with Gasteiger partial charge in [0, 0.05) is 0 Å². The fraction of sp³-hybridized carbons (Fsp3) is 0.714. The Morgan fingerprint density at radius 3 is 2.67 bits per heavy atom. The maximum atomic E-state index is 4.70. The number of allylic oxidation sites excluding steroid dienone is 1. The molecular formula is C7H14O2. The second-order valence-corrected chi connectivity index (χ2v) is 1.70. The van der Waals surface area contributed by atoms with E-state index < -0.39 is 0 Å². The average Bonchev–Trinajstić information content (AvgIpc) is 1.89. The summed E-state index contributed by atoms with van der Waals surface area (Å²) in [6.07, 6.45) is 5.43. The summed E-state index contributed by atoms with van der Waals surface area (Å²) in [5.74, 6) is 0. The molecule has 0 spiro atoms. The quantitative estimate of drug-likeness (QED) is 0.246. The first kappa shape index (κ1) is 8.50. The monoisotopic (exact) mass is 130 g/mol. The van der Waals surface area contributed by atoms with Crippen molar-refractivity contribution in [2.24, 2.45) is 0 Å². The minimum absolute atomic E-state index is 0.661. The largest absolute Gasteiger partial charge is 0.346 e. The molecule has 54 valence electrons. The summed E-state index contributed by atoms with van der Waals surface area (Å²) in [7, 11) is 0. The lowest BCUT2D eigenvalue weighted by Gasteiger charge is -1.95. The van der Waals surface area contributed by atoms with Crippen molar-refractivity contribution in [3.05, 3.63) is 12.3 Å². The molecule has 0 heterocycles. The Kier molecular flexibility index (Phi) is 7.08. The molecule has 9 heavy (non-hydrogen) atoms. The molecule has 2 heteroatoms. The van der Waals surface area contributed by atoms with E-state index in [9.17, 15) is 0 Å². The molecule has 0 saturated heterocycles. The lowest BCUT2D eigenvalue weighted by atomic mass is 10.5. The van der Waals surface area contributed by atoms with Crippen molar-refractivity contribution in [2.45, 2.75) is 26.7 Å². The third-order valence-electron chi connectivity index (χ3n) is 0.743. The predicted molar refractivity (Wildman–Crippen MR) is 36.8 cm³/mol. The predicted octanol–water partition coefficient (Wildman–Crippen LogP) is 2.27. The van der Waals surface area contributed by atoms with Crippen LogP contribution in [0.5, 0.6) is 0 Å². The van der Waals surface area contributed by atoms with Crippen LogP contribution in [0.3, 0.4) is 0 Å². The summed E-state index contributed by atoms with van der Waals surface area (Å²) >= 11 is 0. The molecule has 0 aromatic heterocycles. The van der Waals surface area contributed by atoms with Crippen LogP contribution >= 0.6 is 0 Å². The van der Waals surface area contributed by atoms with Gasteiger partial charge in [-0.1, -0.05) is 13.8 Å². The molecule has 0 rings (SSSR count). The van der Waals surface area contributed by atoms with Gasteiger partial charge in [0.05, 0.1) is 6.61 Å². The van der Waals surface area contributed by atoms with Gasteiger partial charge in [-0.25, -0.2) is 0 Å². The highest BCUT2D eigenvalue weighted by molar-refractivity contribution is 4.68. The molecule has 0 fully saturated rings. The second kappa shape index (κ2) is 7.50. The highest BCUT2D eigenvalue weighted by Gasteiger charge is 1.77. The van der Waals surface area contributed by atoms with E-state index in [1.165, 1.54) is 0 Å². The van der Waals surface area contributed by atoms with E-state index in [4.69, 9.17) is 4.89 Å². The molecular weight excluding hydrogens is 116 g/mol. The Morgan fingerprint density at radius 1 is 1.33 bits per heavy atom. The molecule has 0 aliphatic carbocycles. The fourth-order valence-corrected chi connectivity index (χ4v) is 0.306. The molecule has 0 bridgehead atoms. The van der Waals surface area contributed by atoms with E-state index in [0.717, 1.165) is 12.8 Å².